The van der Waals surface area contributed by atoms with Gasteiger partial charge in [0.05, 0.1) is 7.11 Å². The van der Waals surface area contributed by atoms with Crippen molar-refractivity contribution < 1.29 is 4.74 Å². The zero-order chi connectivity index (χ0) is 19.0. The molecule has 0 aliphatic heterocycles. The lowest BCUT2D eigenvalue weighted by atomic mass is 10.0. The first kappa shape index (κ1) is 17.6. The van der Waals surface area contributed by atoms with E-state index in [2.05, 4.69) is 15.0 Å². The minimum Gasteiger partial charge on any atom is -0.481 e. The number of nitrogens with zero attached hydrogens (tertiary/aromatic N) is 4. The summed E-state index contributed by atoms with van der Waals surface area (Å²) >= 11 is 0. The highest BCUT2D eigenvalue weighted by Crippen LogP contribution is 2.34. The Bertz CT molecular complexity index is 1050. The molecule has 1 saturated carbocycles. The summed E-state index contributed by atoms with van der Waals surface area (Å²) in [5.74, 6) is 1.43. The molecular formula is C21H24N4O2. The third kappa shape index (κ3) is 3.44. The maximum absolute atomic E-state index is 12.7. The van der Waals surface area contributed by atoms with Gasteiger partial charge in [0.1, 0.15) is 11.2 Å². The molecule has 0 spiro atoms. The molecule has 0 atom stereocenters. The zero-order valence-corrected chi connectivity index (χ0v) is 16.0. The lowest BCUT2D eigenvalue weighted by Crippen LogP contribution is -2.25. The van der Waals surface area contributed by atoms with Crippen LogP contribution in [0.1, 0.15) is 37.1 Å². The fraction of sp³-hybridized carbons (Fsp3) is 0.429. The van der Waals surface area contributed by atoms with E-state index in [1.54, 1.807) is 24.8 Å². The lowest BCUT2D eigenvalue weighted by Gasteiger charge is -2.14. The summed E-state index contributed by atoms with van der Waals surface area (Å²) in [6, 6.07) is 5.76. The van der Waals surface area contributed by atoms with Crippen LogP contribution in [0.25, 0.3) is 22.3 Å². The monoisotopic (exact) mass is 364 g/mol. The van der Waals surface area contributed by atoms with Gasteiger partial charge in [-0.1, -0.05) is 12.8 Å². The van der Waals surface area contributed by atoms with Crippen molar-refractivity contribution in [2.45, 2.75) is 46.1 Å². The molecule has 0 aromatic carbocycles. The smallest absolute Gasteiger partial charge is 0.273 e. The van der Waals surface area contributed by atoms with Gasteiger partial charge in [-0.05, 0) is 44.7 Å². The summed E-state index contributed by atoms with van der Waals surface area (Å²) < 4.78 is 7.00. The predicted molar refractivity (Wildman–Crippen MR) is 105 cm³/mol. The van der Waals surface area contributed by atoms with E-state index in [0.717, 1.165) is 34.7 Å². The third-order valence-corrected chi connectivity index (χ3v) is 5.25. The Morgan fingerprint density at radius 2 is 1.93 bits per heavy atom. The number of hydrogen-bond acceptors (Lipinski definition) is 5. The maximum atomic E-state index is 12.7. The number of rotatable bonds is 6. The number of hydrogen-bond donors (Lipinski definition) is 0. The summed E-state index contributed by atoms with van der Waals surface area (Å²) in [6.45, 7) is 4.41. The number of fused-ring (bicyclic) bond motifs is 1. The molecule has 3 aromatic rings. The molecule has 0 bridgehead atoms. The van der Waals surface area contributed by atoms with Gasteiger partial charge in [-0.3, -0.25) is 9.36 Å². The Kier molecular flexibility index (Phi) is 4.64. The zero-order valence-electron chi connectivity index (χ0n) is 16.0. The van der Waals surface area contributed by atoms with Crippen molar-refractivity contribution in [2.24, 2.45) is 5.92 Å². The Morgan fingerprint density at radius 1 is 1.11 bits per heavy atom. The van der Waals surface area contributed by atoms with Gasteiger partial charge < -0.3 is 4.74 Å². The Labute approximate surface area is 158 Å². The highest BCUT2D eigenvalue weighted by molar-refractivity contribution is 5.90. The second kappa shape index (κ2) is 7.10. The molecule has 3 heterocycles. The molecule has 1 fully saturated rings. The van der Waals surface area contributed by atoms with Gasteiger partial charge in [-0.15, -0.1) is 0 Å². The van der Waals surface area contributed by atoms with Crippen molar-refractivity contribution >= 4 is 11.2 Å². The van der Waals surface area contributed by atoms with Gasteiger partial charge in [0, 0.05) is 35.6 Å². The van der Waals surface area contributed by atoms with Crippen LogP contribution in [0.4, 0.5) is 0 Å². The van der Waals surface area contributed by atoms with Gasteiger partial charge in [-0.25, -0.2) is 15.0 Å². The first-order valence-corrected chi connectivity index (χ1v) is 9.46. The van der Waals surface area contributed by atoms with Crippen LogP contribution < -0.4 is 10.3 Å². The molecule has 140 valence electrons. The van der Waals surface area contributed by atoms with Crippen LogP contribution in [0.3, 0.4) is 0 Å². The van der Waals surface area contributed by atoms with E-state index >= 15 is 0 Å². The van der Waals surface area contributed by atoms with E-state index in [9.17, 15) is 4.79 Å². The van der Waals surface area contributed by atoms with Crippen LogP contribution in [0.5, 0.6) is 5.88 Å². The number of ether oxygens (including phenoxy) is 1. The van der Waals surface area contributed by atoms with Gasteiger partial charge in [0.25, 0.3) is 5.56 Å². The number of methoxy groups -OCH3 is 1. The molecule has 27 heavy (non-hydrogen) atoms. The van der Waals surface area contributed by atoms with Crippen LogP contribution in [-0.4, -0.2) is 26.6 Å². The van der Waals surface area contributed by atoms with Crippen molar-refractivity contribution in [3.63, 3.8) is 0 Å². The van der Waals surface area contributed by atoms with Gasteiger partial charge in [-0.2, -0.15) is 0 Å². The molecule has 6 nitrogen and oxygen atoms in total. The van der Waals surface area contributed by atoms with Crippen LogP contribution in [-0.2, 0) is 6.54 Å². The summed E-state index contributed by atoms with van der Waals surface area (Å²) in [6.07, 6.45) is 6.58. The Morgan fingerprint density at radius 3 is 2.63 bits per heavy atom. The third-order valence-electron chi connectivity index (χ3n) is 5.25. The standard InChI is InChI=1S/C21H24N4O2/c1-13-16(8-9-18(23-13)27-3)17-10-11-22-20-19(17)24-14(2)21(26)25(20)12-4-5-15-6-7-15/h8-11,15H,4-7,12H2,1-3H3. The fourth-order valence-electron chi connectivity index (χ4n) is 3.56. The summed E-state index contributed by atoms with van der Waals surface area (Å²) in [5, 5.41) is 0. The van der Waals surface area contributed by atoms with Crippen LogP contribution in [0.15, 0.2) is 29.2 Å². The average molecular weight is 364 g/mol. The molecule has 6 heteroatoms. The highest BCUT2D eigenvalue weighted by Gasteiger charge is 2.21. The molecule has 3 aromatic heterocycles. The molecule has 0 N–H and O–H groups in total. The Balaban J connectivity index is 1.83. The van der Waals surface area contributed by atoms with Crippen molar-refractivity contribution in [2.75, 3.05) is 7.11 Å². The van der Waals surface area contributed by atoms with Crippen molar-refractivity contribution in [3.05, 3.63) is 46.1 Å². The van der Waals surface area contributed by atoms with Crippen molar-refractivity contribution in [1.29, 1.82) is 0 Å². The summed E-state index contributed by atoms with van der Waals surface area (Å²) in [7, 11) is 1.61. The first-order valence-electron chi connectivity index (χ1n) is 9.46. The van der Waals surface area contributed by atoms with E-state index in [-0.39, 0.29) is 5.56 Å². The van der Waals surface area contributed by atoms with E-state index in [4.69, 9.17) is 4.74 Å². The molecule has 1 aliphatic carbocycles. The quantitative estimate of drug-likeness (QED) is 0.667. The van der Waals surface area contributed by atoms with Crippen LogP contribution in [0, 0.1) is 19.8 Å². The van der Waals surface area contributed by atoms with Crippen molar-refractivity contribution in [1.82, 2.24) is 19.5 Å². The number of pyridine rings is 2. The van der Waals surface area contributed by atoms with Gasteiger partial charge in [0.15, 0.2) is 5.65 Å². The highest BCUT2D eigenvalue weighted by atomic mass is 16.5. The molecular weight excluding hydrogens is 340 g/mol. The van der Waals surface area contributed by atoms with Gasteiger partial charge >= 0.3 is 0 Å². The molecule has 1 aliphatic rings. The van der Waals surface area contributed by atoms with E-state index in [0.29, 0.717) is 23.8 Å². The second-order valence-electron chi connectivity index (χ2n) is 7.26. The average Bonchev–Trinajstić information content (AvgIpc) is 3.49. The topological polar surface area (TPSA) is 69.9 Å². The molecule has 0 saturated heterocycles. The van der Waals surface area contributed by atoms with Crippen LogP contribution >= 0.6 is 0 Å². The lowest BCUT2D eigenvalue weighted by molar-refractivity contribution is 0.397. The normalized spacial score (nSPS) is 13.9. The molecule has 0 radical (unpaired) electrons. The van der Waals surface area contributed by atoms with E-state index in [1.165, 1.54) is 19.3 Å². The summed E-state index contributed by atoms with van der Waals surface area (Å²) in [5.41, 5.74) is 4.61. The fourth-order valence-corrected chi connectivity index (χ4v) is 3.56. The van der Waals surface area contributed by atoms with Crippen molar-refractivity contribution in [3.8, 4) is 17.0 Å². The van der Waals surface area contributed by atoms with E-state index in [1.807, 2.05) is 25.1 Å². The molecule has 0 amide bonds. The second-order valence-corrected chi connectivity index (χ2v) is 7.26. The Hall–Kier alpha value is -2.76. The minimum absolute atomic E-state index is 0.0486. The minimum atomic E-state index is -0.0486. The van der Waals surface area contributed by atoms with E-state index < -0.39 is 0 Å². The maximum Gasteiger partial charge on any atom is 0.273 e. The predicted octanol–water partition coefficient (Wildman–Crippen LogP) is 3.67. The summed E-state index contributed by atoms with van der Waals surface area (Å²) in [4.78, 5) is 26.3. The largest absolute Gasteiger partial charge is 0.481 e. The first-order chi connectivity index (χ1) is 13.1. The number of aromatic nitrogens is 4. The molecule has 4 rings (SSSR count). The SMILES string of the molecule is COc1ccc(-c2ccnc3c2nc(C)c(=O)n3CCCC2CC2)c(C)n1. The number of aryl methyl sites for hydroxylation is 3. The van der Waals surface area contributed by atoms with Crippen LogP contribution in [0.2, 0.25) is 0 Å². The van der Waals surface area contributed by atoms with Gasteiger partial charge in [0.2, 0.25) is 5.88 Å². The molecule has 0 unspecified atom stereocenters.